The highest BCUT2D eigenvalue weighted by Gasteiger charge is 2.33. The molecule has 34 heavy (non-hydrogen) atoms. The van der Waals surface area contributed by atoms with E-state index in [0.29, 0.717) is 22.3 Å². The number of alkyl halides is 3. The van der Waals surface area contributed by atoms with Gasteiger partial charge in [0.2, 0.25) is 0 Å². The van der Waals surface area contributed by atoms with Gasteiger partial charge in [0.25, 0.3) is 0 Å². The number of fused-ring (bicyclic) bond motifs is 1. The summed E-state index contributed by atoms with van der Waals surface area (Å²) in [6.45, 7) is 4.38. The molecule has 6 nitrogen and oxygen atoms in total. The molecule has 0 atom stereocenters. The lowest BCUT2D eigenvalue weighted by molar-refractivity contribution is -0.140. The number of anilines is 1. The fraction of sp³-hybridized carbons (Fsp3) is 0.348. The molecular weight excluding hydrogens is 487 g/mol. The Morgan fingerprint density at radius 1 is 1.21 bits per heavy atom. The Balaban J connectivity index is 0.00000274. The summed E-state index contributed by atoms with van der Waals surface area (Å²) in [6.07, 6.45) is -1.12. The van der Waals surface area contributed by atoms with Gasteiger partial charge in [-0.05, 0) is 54.3 Å². The highest BCUT2D eigenvalue weighted by molar-refractivity contribution is 7.08. The van der Waals surface area contributed by atoms with E-state index in [2.05, 4.69) is 25.3 Å². The molecule has 4 aromatic heterocycles. The molecule has 0 saturated carbocycles. The molecule has 5 heterocycles. The number of hydrogen-bond acceptors (Lipinski definition) is 7. The SMILES string of the molecule is Cc1cc(CN2CCC(Nc3ncc(-c4ccsc4)c4nc(C(F)(F)F)ccc34)CC2)no1.Cl. The molecule has 180 valence electrons. The van der Waals surface area contributed by atoms with Crippen LogP contribution in [0.3, 0.4) is 0 Å². The van der Waals surface area contributed by atoms with Crippen molar-refractivity contribution in [2.45, 2.75) is 38.5 Å². The Labute approximate surface area is 204 Å². The van der Waals surface area contributed by atoms with Crippen molar-refractivity contribution in [2.75, 3.05) is 18.4 Å². The molecule has 1 N–H and O–H groups in total. The van der Waals surface area contributed by atoms with E-state index in [0.717, 1.165) is 55.6 Å². The highest BCUT2D eigenvalue weighted by Crippen LogP contribution is 2.35. The van der Waals surface area contributed by atoms with Crippen LogP contribution in [0.2, 0.25) is 0 Å². The molecule has 0 aromatic carbocycles. The minimum absolute atomic E-state index is 0. The second-order valence-electron chi connectivity index (χ2n) is 8.25. The van der Waals surface area contributed by atoms with Crippen molar-refractivity contribution < 1.29 is 17.7 Å². The Hall–Kier alpha value is -2.69. The Bertz CT molecular complexity index is 1250. The summed E-state index contributed by atoms with van der Waals surface area (Å²) in [7, 11) is 0. The first-order chi connectivity index (χ1) is 15.9. The first-order valence-electron chi connectivity index (χ1n) is 10.7. The largest absolute Gasteiger partial charge is 0.433 e. The molecule has 0 radical (unpaired) electrons. The molecule has 0 bridgehead atoms. The van der Waals surface area contributed by atoms with Gasteiger partial charge in [0.05, 0.1) is 11.2 Å². The number of aromatic nitrogens is 3. The lowest BCUT2D eigenvalue weighted by atomic mass is 10.0. The van der Waals surface area contributed by atoms with Crippen molar-refractivity contribution >= 4 is 40.5 Å². The second-order valence-corrected chi connectivity index (χ2v) is 9.03. The molecule has 5 rings (SSSR count). The third-order valence-electron chi connectivity index (χ3n) is 5.84. The third-order valence-corrected chi connectivity index (χ3v) is 6.52. The predicted molar refractivity (Wildman–Crippen MR) is 128 cm³/mol. The minimum atomic E-state index is -4.51. The van der Waals surface area contributed by atoms with E-state index in [1.807, 2.05) is 29.8 Å². The van der Waals surface area contributed by atoms with Crippen LogP contribution in [0, 0.1) is 6.92 Å². The summed E-state index contributed by atoms with van der Waals surface area (Å²) >= 11 is 1.48. The van der Waals surface area contributed by atoms with E-state index in [1.54, 1.807) is 6.20 Å². The normalized spacial score (nSPS) is 15.4. The summed E-state index contributed by atoms with van der Waals surface area (Å²) in [6, 6.07) is 6.47. The van der Waals surface area contributed by atoms with Crippen LogP contribution < -0.4 is 5.32 Å². The Kier molecular flexibility index (Phi) is 7.11. The van der Waals surface area contributed by atoms with Crippen LogP contribution in [-0.2, 0) is 12.7 Å². The molecule has 11 heteroatoms. The van der Waals surface area contributed by atoms with E-state index in [4.69, 9.17) is 4.52 Å². The number of halogens is 4. The van der Waals surface area contributed by atoms with E-state index in [1.165, 1.54) is 17.4 Å². The first-order valence-corrected chi connectivity index (χ1v) is 11.6. The second kappa shape index (κ2) is 9.89. The standard InChI is InChI=1S/C23H22F3N5OS.ClH/c1-14-10-17(30-32-14)12-31-7-4-16(5-8-31)28-22-18-2-3-20(23(24,25)26)29-21(18)19(11-27-22)15-6-9-33-13-15;/h2-3,6,9-11,13,16H,4-5,7-8,12H2,1H3,(H,27,28);1H. The maximum absolute atomic E-state index is 13.4. The van der Waals surface area contributed by atoms with E-state index >= 15 is 0 Å². The molecule has 0 aliphatic carbocycles. The maximum atomic E-state index is 13.4. The lowest BCUT2D eigenvalue weighted by Gasteiger charge is -2.32. The van der Waals surface area contributed by atoms with Crippen molar-refractivity contribution in [2.24, 2.45) is 0 Å². The number of piperidine rings is 1. The third kappa shape index (κ3) is 5.18. The van der Waals surface area contributed by atoms with Gasteiger partial charge in [0.15, 0.2) is 0 Å². The quantitative estimate of drug-likeness (QED) is 0.347. The number of nitrogens with one attached hydrogen (secondary N) is 1. The van der Waals surface area contributed by atoms with Gasteiger partial charge in [0, 0.05) is 48.9 Å². The van der Waals surface area contributed by atoms with Gasteiger partial charge in [-0.2, -0.15) is 24.5 Å². The van der Waals surface area contributed by atoms with Crippen molar-refractivity contribution in [3.8, 4) is 11.1 Å². The fourth-order valence-electron chi connectivity index (χ4n) is 4.17. The zero-order valence-electron chi connectivity index (χ0n) is 18.3. The van der Waals surface area contributed by atoms with Gasteiger partial charge in [-0.1, -0.05) is 5.16 Å². The molecule has 0 unspecified atom stereocenters. The molecular formula is C23H23ClF3N5OS. The molecule has 0 spiro atoms. The van der Waals surface area contributed by atoms with Crippen LogP contribution in [-0.4, -0.2) is 39.2 Å². The van der Waals surface area contributed by atoms with Crippen LogP contribution in [0.15, 0.2) is 45.7 Å². The van der Waals surface area contributed by atoms with Gasteiger partial charge in [-0.3, -0.25) is 4.90 Å². The smallest absolute Gasteiger partial charge is 0.367 e. The van der Waals surface area contributed by atoms with E-state index in [-0.39, 0.29) is 18.4 Å². The maximum Gasteiger partial charge on any atom is 0.433 e. The topological polar surface area (TPSA) is 67.1 Å². The minimum Gasteiger partial charge on any atom is -0.367 e. The monoisotopic (exact) mass is 509 g/mol. The van der Waals surface area contributed by atoms with Crippen LogP contribution in [0.25, 0.3) is 22.0 Å². The summed E-state index contributed by atoms with van der Waals surface area (Å²) in [5.41, 5.74) is 1.73. The average molecular weight is 510 g/mol. The van der Waals surface area contributed by atoms with Gasteiger partial charge in [0.1, 0.15) is 17.3 Å². The number of pyridine rings is 2. The van der Waals surface area contributed by atoms with Crippen LogP contribution in [0.5, 0.6) is 0 Å². The Morgan fingerprint density at radius 2 is 2.00 bits per heavy atom. The molecule has 1 aliphatic rings. The van der Waals surface area contributed by atoms with Crippen molar-refractivity contribution in [3.05, 3.63) is 58.4 Å². The predicted octanol–water partition coefficient (Wildman–Crippen LogP) is 6.17. The average Bonchev–Trinajstić information content (AvgIpc) is 3.46. The summed E-state index contributed by atoms with van der Waals surface area (Å²) in [5.74, 6) is 1.36. The molecule has 1 saturated heterocycles. The van der Waals surface area contributed by atoms with Gasteiger partial charge in [-0.25, -0.2) is 9.97 Å². The number of thiophene rings is 1. The van der Waals surface area contributed by atoms with E-state index < -0.39 is 11.9 Å². The zero-order valence-corrected chi connectivity index (χ0v) is 19.9. The lowest BCUT2D eigenvalue weighted by Crippen LogP contribution is -2.38. The number of likely N-dealkylation sites (tertiary alicyclic amines) is 1. The van der Waals surface area contributed by atoms with Gasteiger partial charge >= 0.3 is 6.18 Å². The zero-order chi connectivity index (χ0) is 23.0. The van der Waals surface area contributed by atoms with Gasteiger partial charge < -0.3 is 9.84 Å². The first kappa shape index (κ1) is 24.4. The number of rotatable bonds is 5. The van der Waals surface area contributed by atoms with Crippen LogP contribution in [0.1, 0.15) is 30.0 Å². The molecule has 0 amide bonds. The van der Waals surface area contributed by atoms with Crippen molar-refractivity contribution in [1.29, 1.82) is 0 Å². The van der Waals surface area contributed by atoms with Crippen LogP contribution >= 0.6 is 23.7 Å². The number of hydrogen-bond donors (Lipinski definition) is 1. The fourth-order valence-corrected chi connectivity index (χ4v) is 4.82. The van der Waals surface area contributed by atoms with Crippen LogP contribution in [0.4, 0.5) is 19.0 Å². The molecule has 4 aromatic rings. The summed E-state index contributed by atoms with van der Waals surface area (Å²) < 4.78 is 45.2. The van der Waals surface area contributed by atoms with Gasteiger partial charge in [-0.15, -0.1) is 12.4 Å². The molecule has 1 fully saturated rings. The number of aryl methyl sites for hydroxylation is 1. The summed E-state index contributed by atoms with van der Waals surface area (Å²) in [4.78, 5) is 10.9. The van der Waals surface area contributed by atoms with Crippen molar-refractivity contribution in [3.63, 3.8) is 0 Å². The Morgan fingerprint density at radius 3 is 2.65 bits per heavy atom. The molecule has 1 aliphatic heterocycles. The van der Waals surface area contributed by atoms with Crippen molar-refractivity contribution in [1.82, 2.24) is 20.0 Å². The summed E-state index contributed by atoms with van der Waals surface area (Å²) in [5, 5.41) is 11.9. The number of nitrogens with zero attached hydrogens (tertiary/aromatic N) is 4. The highest BCUT2D eigenvalue weighted by atomic mass is 35.5. The van der Waals surface area contributed by atoms with E-state index in [9.17, 15) is 13.2 Å².